The molecule has 208 valence electrons. The molecule has 0 atom stereocenters. The van der Waals surface area contributed by atoms with Crippen LogP contribution < -0.4 is 0 Å². The SMILES string of the molecule is CCC(CC)(c1ccc[nH]1)c1ccc(C(c2ccc([N+](=O)[O-])cc2)c2ccc(C(CC)(CC)c3ccc[nH]3)[nH]2)[nH]1. The second-order valence-corrected chi connectivity index (χ2v) is 10.7. The molecule has 0 aliphatic carbocycles. The lowest BCUT2D eigenvalue weighted by molar-refractivity contribution is -0.384. The number of aromatic nitrogens is 4. The Balaban J connectivity index is 1.63. The van der Waals surface area contributed by atoms with Crippen molar-refractivity contribution in [2.45, 2.75) is 70.1 Å². The fraction of sp³-hybridized carbons (Fsp3) is 0.333. The summed E-state index contributed by atoms with van der Waals surface area (Å²) in [6.07, 6.45) is 7.76. The molecule has 0 saturated heterocycles. The smallest absolute Gasteiger partial charge is 0.269 e. The van der Waals surface area contributed by atoms with Gasteiger partial charge in [-0.3, -0.25) is 10.1 Å². The van der Waals surface area contributed by atoms with Crippen LogP contribution in [0.2, 0.25) is 0 Å². The van der Waals surface area contributed by atoms with Gasteiger partial charge in [-0.1, -0.05) is 39.8 Å². The zero-order chi connectivity index (χ0) is 28.3. The zero-order valence-corrected chi connectivity index (χ0v) is 23.8. The molecular formula is C33H39N5O2. The van der Waals surface area contributed by atoms with Gasteiger partial charge in [0.05, 0.1) is 10.8 Å². The first kappa shape index (κ1) is 27.3. The van der Waals surface area contributed by atoms with Crippen molar-refractivity contribution in [1.82, 2.24) is 19.9 Å². The number of H-pyrrole nitrogens is 4. The molecule has 7 heteroatoms. The Kier molecular flexibility index (Phi) is 7.57. The lowest BCUT2D eigenvalue weighted by Crippen LogP contribution is -2.27. The summed E-state index contributed by atoms with van der Waals surface area (Å²) in [6.45, 7) is 8.91. The number of benzene rings is 1. The van der Waals surface area contributed by atoms with E-state index in [9.17, 15) is 10.1 Å². The van der Waals surface area contributed by atoms with E-state index in [4.69, 9.17) is 0 Å². The topological polar surface area (TPSA) is 106 Å². The summed E-state index contributed by atoms with van der Waals surface area (Å²) in [5.74, 6) is -0.145. The predicted molar refractivity (Wildman–Crippen MR) is 160 cm³/mol. The molecule has 0 aliphatic heterocycles. The Bertz CT molecular complexity index is 1430. The van der Waals surface area contributed by atoms with E-state index in [1.807, 2.05) is 24.5 Å². The highest BCUT2D eigenvalue weighted by Crippen LogP contribution is 2.42. The van der Waals surface area contributed by atoms with Crippen LogP contribution in [0.3, 0.4) is 0 Å². The lowest BCUT2D eigenvalue weighted by atomic mass is 9.76. The Morgan fingerprint density at radius 2 is 1.10 bits per heavy atom. The number of nitro benzene ring substituents is 1. The number of nitro groups is 1. The first-order chi connectivity index (χ1) is 19.4. The van der Waals surface area contributed by atoms with Gasteiger partial charge in [0, 0.05) is 69.5 Å². The summed E-state index contributed by atoms with van der Waals surface area (Å²) in [5, 5.41) is 11.4. The van der Waals surface area contributed by atoms with Crippen LogP contribution in [-0.4, -0.2) is 24.9 Å². The first-order valence-corrected chi connectivity index (χ1v) is 14.3. The molecular weight excluding hydrogens is 498 g/mol. The van der Waals surface area contributed by atoms with Crippen molar-refractivity contribution in [2.24, 2.45) is 0 Å². The summed E-state index contributed by atoms with van der Waals surface area (Å²) in [6, 6.07) is 24.1. The molecule has 0 unspecified atom stereocenters. The van der Waals surface area contributed by atoms with Gasteiger partial charge >= 0.3 is 0 Å². The van der Waals surface area contributed by atoms with Crippen LogP contribution >= 0.6 is 0 Å². The highest BCUT2D eigenvalue weighted by Gasteiger charge is 2.36. The van der Waals surface area contributed by atoms with E-state index in [2.05, 4.69) is 96.2 Å². The maximum atomic E-state index is 11.4. The third-order valence-corrected chi connectivity index (χ3v) is 9.15. The van der Waals surface area contributed by atoms with Crippen LogP contribution in [0.25, 0.3) is 0 Å². The van der Waals surface area contributed by atoms with Gasteiger partial charge in [-0.15, -0.1) is 0 Å². The highest BCUT2D eigenvalue weighted by molar-refractivity contribution is 5.46. The summed E-state index contributed by atoms with van der Waals surface area (Å²) in [4.78, 5) is 25.6. The van der Waals surface area contributed by atoms with Crippen LogP contribution in [-0.2, 0) is 10.8 Å². The maximum Gasteiger partial charge on any atom is 0.269 e. The molecule has 4 heterocycles. The third-order valence-electron chi connectivity index (χ3n) is 9.15. The minimum absolute atomic E-state index is 0.0901. The average Bonchev–Trinajstić information content (AvgIpc) is 3.81. The second-order valence-electron chi connectivity index (χ2n) is 10.7. The molecule has 7 nitrogen and oxygen atoms in total. The van der Waals surface area contributed by atoms with Crippen LogP contribution in [0.5, 0.6) is 0 Å². The van der Waals surface area contributed by atoms with E-state index >= 15 is 0 Å². The molecule has 0 amide bonds. The van der Waals surface area contributed by atoms with Crippen LogP contribution in [0.4, 0.5) is 5.69 Å². The molecule has 0 saturated carbocycles. The zero-order valence-electron chi connectivity index (χ0n) is 23.8. The predicted octanol–water partition coefficient (Wildman–Crippen LogP) is 8.30. The normalized spacial score (nSPS) is 12.3. The monoisotopic (exact) mass is 537 g/mol. The minimum atomic E-state index is -0.349. The van der Waals surface area contributed by atoms with Gasteiger partial charge < -0.3 is 19.9 Å². The molecule has 0 radical (unpaired) electrons. The fourth-order valence-electron chi connectivity index (χ4n) is 6.60. The van der Waals surface area contributed by atoms with Crippen molar-refractivity contribution in [3.8, 4) is 0 Å². The standard InChI is InChI=1S/C33H39N5O2/c1-5-32(6-2,27-11-9-21-34-27)29-19-17-25(36-29)31(23-13-15-24(16-14-23)38(39)40)26-18-20-30(37-26)33(7-3,8-4)28-12-10-22-35-28/h9-22,31,34-37H,5-8H2,1-4H3. The molecule has 5 aromatic rings. The van der Waals surface area contributed by atoms with E-state index in [1.165, 1.54) is 11.4 Å². The largest absolute Gasteiger partial charge is 0.364 e. The number of hydrogen-bond donors (Lipinski definition) is 4. The highest BCUT2D eigenvalue weighted by atomic mass is 16.6. The molecule has 1 aromatic carbocycles. The quantitative estimate of drug-likeness (QED) is 0.0949. The van der Waals surface area contributed by atoms with Gasteiger partial charge in [-0.2, -0.15) is 0 Å². The van der Waals surface area contributed by atoms with Crippen molar-refractivity contribution in [1.29, 1.82) is 0 Å². The van der Waals surface area contributed by atoms with Crippen molar-refractivity contribution >= 4 is 5.69 Å². The van der Waals surface area contributed by atoms with E-state index < -0.39 is 0 Å². The molecule has 5 rings (SSSR count). The maximum absolute atomic E-state index is 11.4. The number of nitrogens with one attached hydrogen (secondary N) is 4. The summed E-state index contributed by atoms with van der Waals surface area (Å²) in [5.41, 5.74) is 7.58. The molecule has 4 N–H and O–H groups in total. The molecule has 0 bridgehead atoms. The minimum Gasteiger partial charge on any atom is -0.364 e. The van der Waals surface area contributed by atoms with Gasteiger partial charge in [0.15, 0.2) is 0 Å². The van der Waals surface area contributed by atoms with E-state index in [0.29, 0.717) is 0 Å². The number of aromatic amines is 4. The summed E-state index contributed by atoms with van der Waals surface area (Å²) < 4.78 is 0. The molecule has 4 aromatic heterocycles. The third kappa shape index (κ3) is 4.49. The molecule has 0 fully saturated rings. The Morgan fingerprint density at radius 1 is 0.650 bits per heavy atom. The second kappa shape index (κ2) is 11.1. The first-order valence-electron chi connectivity index (χ1n) is 14.3. The van der Waals surface area contributed by atoms with Crippen LogP contribution in [0.15, 0.2) is 85.2 Å². The van der Waals surface area contributed by atoms with Crippen molar-refractivity contribution in [3.05, 3.63) is 135 Å². The summed E-state index contributed by atoms with van der Waals surface area (Å²) in [7, 11) is 0. The van der Waals surface area contributed by atoms with Gasteiger partial charge in [-0.25, -0.2) is 0 Å². The average molecular weight is 538 g/mol. The molecule has 0 aliphatic rings. The van der Waals surface area contributed by atoms with Crippen molar-refractivity contribution in [2.75, 3.05) is 0 Å². The Labute approximate surface area is 235 Å². The van der Waals surface area contributed by atoms with Crippen molar-refractivity contribution in [3.63, 3.8) is 0 Å². The van der Waals surface area contributed by atoms with Crippen LogP contribution in [0, 0.1) is 10.1 Å². The van der Waals surface area contributed by atoms with Gasteiger partial charge in [-0.05, 0) is 79.8 Å². The number of nitrogens with zero attached hydrogens (tertiary/aromatic N) is 1. The molecule has 40 heavy (non-hydrogen) atoms. The van der Waals surface area contributed by atoms with E-state index in [1.54, 1.807) is 12.1 Å². The Hall–Kier alpha value is -4.26. The molecule has 0 spiro atoms. The number of hydrogen-bond acceptors (Lipinski definition) is 2. The van der Waals surface area contributed by atoms with Gasteiger partial charge in [0.1, 0.15) is 0 Å². The number of non-ortho nitro benzene ring substituents is 1. The van der Waals surface area contributed by atoms with E-state index in [-0.39, 0.29) is 27.4 Å². The summed E-state index contributed by atoms with van der Waals surface area (Å²) >= 11 is 0. The van der Waals surface area contributed by atoms with Crippen LogP contribution in [0.1, 0.15) is 99.0 Å². The number of rotatable bonds is 12. The van der Waals surface area contributed by atoms with Gasteiger partial charge in [0.25, 0.3) is 5.69 Å². The fourth-order valence-corrected chi connectivity index (χ4v) is 6.60. The van der Waals surface area contributed by atoms with Crippen molar-refractivity contribution < 1.29 is 4.92 Å². The lowest BCUT2D eigenvalue weighted by Gasteiger charge is -2.31. The van der Waals surface area contributed by atoms with E-state index in [0.717, 1.165) is 54.0 Å². The van der Waals surface area contributed by atoms with Gasteiger partial charge in [0.2, 0.25) is 0 Å². The Morgan fingerprint density at radius 3 is 1.45 bits per heavy atom.